The summed E-state index contributed by atoms with van der Waals surface area (Å²) in [4.78, 5) is 0. The average molecular weight is 181 g/mol. The van der Waals surface area contributed by atoms with Crippen LogP contribution in [0.25, 0.3) is 0 Å². The van der Waals surface area contributed by atoms with E-state index in [0.29, 0.717) is 0 Å². The summed E-state index contributed by atoms with van der Waals surface area (Å²) in [6.45, 7) is 2.11. The van der Waals surface area contributed by atoms with E-state index < -0.39 is 14.2 Å². The van der Waals surface area contributed by atoms with Gasteiger partial charge in [-0.1, -0.05) is 0 Å². The Balaban J connectivity index is 3.11. The molecule has 0 saturated carbocycles. The molecule has 0 bridgehead atoms. The molecule has 0 aromatic rings. The Hall–Kier alpha value is 0.438. The van der Waals surface area contributed by atoms with Crippen LogP contribution in [-0.2, 0) is 0 Å². The van der Waals surface area contributed by atoms with E-state index in [2.05, 4.69) is 6.92 Å². The van der Waals surface area contributed by atoms with Crippen LogP contribution < -0.4 is 14.0 Å². The zero-order chi connectivity index (χ0) is 6.62. The van der Waals surface area contributed by atoms with E-state index in [1.54, 1.807) is 0 Å². The molecule has 0 aromatic carbocycles. The maximum absolute atomic E-state index is 5.46. The Morgan fingerprint density at radius 1 is 1.25 bits per heavy atom. The van der Waals surface area contributed by atoms with Gasteiger partial charge in [0, 0.05) is 0 Å². The summed E-state index contributed by atoms with van der Waals surface area (Å²) in [6.07, 6.45) is 2.22. The molecule has 0 atom stereocenters. The van der Waals surface area contributed by atoms with Crippen LogP contribution in [0, 0.1) is 0 Å². The molecule has 0 aliphatic heterocycles. The topological polar surface area (TPSA) is 78.1 Å². The molecule has 0 saturated heterocycles. The summed E-state index contributed by atoms with van der Waals surface area (Å²) in [5.41, 5.74) is 0. The predicted octanol–water partition coefficient (Wildman–Crippen LogP) is -0.666. The fraction of sp³-hybridized carbons (Fsp3) is 1.00. The van der Waals surface area contributed by atoms with Crippen molar-refractivity contribution < 1.29 is 0 Å². The number of nitrogens with two attached hydrogens (primary N) is 3. The zero-order valence-corrected chi connectivity index (χ0v) is 7.45. The first-order valence-electron chi connectivity index (χ1n) is 2.93. The van der Waals surface area contributed by atoms with Gasteiger partial charge in [-0.05, 0) is 0 Å². The van der Waals surface area contributed by atoms with Crippen LogP contribution in [0.4, 0.5) is 0 Å². The molecule has 0 unspecified atom stereocenters. The summed E-state index contributed by atoms with van der Waals surface area (Å²) in [5, 5.41) is 0.885. The minimum absolute atomic E-state index is 0.885. The van der Waals surface area contributed by atoms with Crippen molar-refractivity contribution in [2.75, 3.05) is 0 Å². The predicted molar refractivity (Wildman–Crippen MR) is 39.4 cm³/mol. The molecule has 0 rings (SSSR count). The average Bonchev–Trinajstić information content (AvgIpc) is 1.59. The van der Waals surface area contributed by atoms with E-state index in [0.717, 1.165) is 18.1 Å². The van der Waals surface area contributed by atoms with Crippen molar-refractivity contribution in [1.29, 1.82) is 0 Å². The molecule has 6 N–H and O–H groups in total. The monoisotopic (exact) mass is 181 g/mol. The van der Waals surface area contributed by atoms with Crippen molar-refractivity contribution >= 4 is 14.2 Å². The van der Waals surface area contributed by atoms with Crippen molar-refractivity contribution in [2.24, 2.45) is 14.0 Å². The summed E-state index contributed by atoms with van der Waals surface area (Å²) >= 11 is -2.61. The van der Waals surface area contributed by atoms with Crippen LogP contribution in [0.5, 0.6) is 0 Å². The quantitative estimate of drug-likeness (QED) is 0.505. The van der Waals surface area contributed by atoms with Crippen LogP contribution in [-0.4, -0.2) is 14.2 Å². The van der Waals surface area contributed by atoms with Crippen molar-refractivity contribution in [3.05, 3.63) is 0 Å². The summed E-state index contributed by atoms with van der Waals surface area (Å²) < 4.78 is 16.4. The van der Waals surface area contributed by atoms with E-state index in [1.165, 1.54) is 0 Å². The standard InChI is InChI=1S/C4H16AsN3/c1-2-3-4-5(6,7)8/h5H,2-4,6-8H2,1H3. The third-order valence-corrected chi connectivity index (χ3v) is 3.52. The van der Waals surface area contributed by atoms with Crippen molar-refractivity contribution in [3.8, 4) is 0 Å². The Morgan fingerprint density at radius 2 is 1.75 bits per heavy atom. The van der Waals surface area contributed by atoms with Gasteiger partial charge in [0.05, 0.1) is 0 Å². The van der Waals surface area contributed by atoms with Crippen LogP contribution in [0.2, 0.25) is 5.21 Å². The molecule has 0 aliphatic carbocycles. The molecule has 0 heterocycles. The molecule has 0 amide bonds. The number of rotatable bonds is 3. The first-order chi connectivity index (χ1) is 3.56. The van der Waals surface area contributed by atoms with Gasteiger partial charge >= 0.3 is 53.2 Å². The van der Waals surface area contributed by atoms with Crippen LogP contribution >= 0.6 is 0 Å². The second-order valence-corrected chi connectivity index (χ2v) is 7.93. The number of unbranched alkanes of at least 4 members (excludes halogenated alkanes) is 1. The second-order valence-electron chi connectivity index (χ2n) is 2.22. The Bertz CT molecular complexity index is 58.8. The van der Waals surface area contributed by atoms with Crippen molar-refractivity contribution in [2.45, 2.75) is 25.0 Å². The second kappa shape index (κ2) is 3.46. The molecule has 0 aliphatic rings. The van der Waals surface area contributed by atoms with Gasteiger partial charge in [0.2, 0.25) is 0 Å². The van der Waals surface area contributed by atoms with Gasteiger partial charge in [0.15, 0.2) is 0 Å². The van der Waals surface area contributed by atoms with Crippen molar-refractivity contribution in [1.82, 2.24) is 0 Å². The molecule has 0 fully saturated rings. The van der Waals surface area contributed by atoms with E-state index in [4.69, 9.17) is 14.0 Å². The molecule has 0 aromatic heterocycles. The summed E-state index contributed by atoms with van der Waals surface area (Å²) in [7, 11) is 0. The Labute approximate surface area is 53.7 Å². The fourth-order valence-corrected chi connectivity index (χ4v) is 2.51. The first kappa shape index (κ1) is 8.44. The molecular formula is C4H16AsN3. The Kier molecular flexibility index (Phi) is 3.65. The molecule has 0 spiro atoms. The first-order valence-corrected chi connectivity index (χ1v) is 8.04. The number of hydrogen-bond donors (Lipinski definition) is 3. The van der Waals surface area contributed by atoms with E-state index in [9.17, 15) is 0 Å². The molecule has 8 heavy (non-hydrogen) atoms. The Morgan fingerprint density at radius 3 is 1.88 bits per heavy atom. The van der Waals surface area contributed by atoms with Crippen LogP contribution in [0.3, 0.4) is 0 Å². The van der Waals surface area contributed by atoms with Gasteiger partial charge in [-0.2, -0.15) is 0 Å². The van der Waals surface area contributed by atoms with Gasteiger partial charge < -0.3 is 0 Å². The molecule has 0 radical (unpaired) electrons. The molecule has 52 valence electrons. The van der Waals surface area contributed by atoms with E-state index >= 15 is 0 Å². The maximum atomic E-state index is 5.46. The molecule has 3 nitrogen and oxygen atoms in total. The van der Waals surface area contributed by atoms with Gasteiger partial charge in [-0.25, -0.2) is 0 Å². The third-order valence-electron chi connectivity index (χ3n) is 0.963. The fourth-order valence-electron chi connectivity index (χ4n) is 0.483. The molecular weight excluding hydrogens is 165 g/mol. The summed E-state index contributed by atoms with van der Waals surface area (Å²) in [5.74, 6) is 0. The van der Waals surface area contributed by atoms with Crippen LogP contribution in [0.1, 0.15) is 19.8 Å². The van der Waals surface area contributed by atoms with Gasteiger partial charge in [-0.15, -0.1) is 0 Å². The minimum atomic E-state index is -2.61. The SMILES string of the molecule is CCCC[AsH](N)(N)N. The molecule has 4 heteroatoms. The van der Waals surface area contributed by atoms with Gasteiger partial charge in [0.25, 0.3) is 0 Å². The number of hydrogen-bond acceptors (Lipinski definition) is 3. The van der Waals surface area contributed by atoms with Gasteiger partial charge in [0.1, 0.15) is 0 Å². The van der Waals surface area contributed by atoms with E-state index in [-0.39, 0.29) is 0 Å². The van der Waals surface area contributed by atoms with Crippen molar-refractivity contribution in [3.63, 3.8) is 0 Å². The zero-order valence-electron chi connectivity index (χ0n) is 5.35. The summed E-state index contributed by atoms with van der Waals surface area (Å²) in [6, 6.07) is 0. The normalized spacial score (nSPS) is 14.0. The third kappa shape index (κ3) is 6.44. The van der Waals surface area contributed by atoms with E-state index in [1.807, 2.05) is 0 Å². The van der Waals surface area contributed by atoms with Crippen LogP contribution in [0.15, 0.2) is 0 Å². The van der Waals surface area contributed by atoms with Gasteiger partial charge in [-0.3, -0.25) is 0 Å².